The fourth-order valence-electron chi connectivity index (χ4n) is 0.278. The molecule has 0 unspecified atom stereocenters. The summed E-state index contributed by atoms with van der Waals surface area (Å²) in [5.74, 6) is 0. The van der Waals surface area contributed by atoms with Gasteiger partial charge in [0.2, 0.25) is 0 Å². The van der Waals surface area contributed by atoms with E-state index in [4.69, 9.17) is 4.74 Å². The van der Waals surface area contributed by atoms with E-state index in [9.17, 15) is 4.79 Å². The summed E-state index contributed by atoms with van der Waals surface area (Å²) < 4.78 is 4.70. The second-order valence-corrected chi connectivity index (χ2v) is 3.67. The molecule has 0 aromatic heterocycles. The van der Waals surface area contributed by atoms with Gasteiger partial charge in [0.25, 0.3) is 0 Å². The number of hydrogen-bond acceptors (Lipinski definition) is 2. The van der Waals surface area contributed by atoms with E-state index >= 15 is 0 Å². The van der Waals surface area contributed by atoms with Crippen molar-refractivity contribution < 1.29 is 9.53 Å². The number of hydrogen-bond donors (Lipinski definition) is 0. The first kappa shape index (κ1) is 8.27. The fraction of sp³-hybridized carbons (Fsp3) is 0.800. The van der Waals surface area contributed by atoms with Crippen LogP contribution in [-0.2, 0) is 4.74 Å². The SMILES string of the molecule is CC(C)(C)O[C](=O)[Sn+3]. The molecule has 0 spiro atoms. The summed E-state index contributed by atoms with van der Waals surface area (Å²) in [5.41, 5.74) is -0.305. The molecule has 0 aliphatic heterocycles. The van der Waals surface area contributed by atoms with E-state index < -0.39 is 0 Å². The first-order valence-corrected chi connectivity index (χ1v) is 3.79. The van der Waals surface area contributed by atoms with E-state index in [0.29, 0.717) is 0 Å². The van der Waals surface area contributed by atoms with Crippen molar-refractivity contribution >= 4 is 26.5 Å². The fourth-order valence-corrected chi connectivity index (χ4v) is 1.15. The minimum absolute atomic E-state index is 0.135. The summed E-state index contributed by atoms with van der Waals surface area (Å²) >= 11 is 0.812. The maximum atomic E-state index is 10.3. The van der Waals surface area contributed by atoms with E-state index in [1.807, 2.05) is 20.8 Å². The van der Waals surface area contributed by atoms with Crippen LogP contribution in [0.25, 0.3) is 0 Å². The van der Waals surface area contributed by atoms with Gasteiger partial charge in [-0.1, -0.05) is 0 Å². The van der Waals surface area contributed by atoms with Crippen LogP contribution in [0.4, 0.5) is 4.79 Å². The second kappa shape index (κ2) is 2.71. The molecule has 0 amide bonds. The van der Waals surface area contributed by atoms with Crippen LogP contribution in [0.1, 0.15) is 20.8 Å². The zero-order chi connectivity index (χ0) is 6.78. The van der Waals surface area contributed by atoms with Crippen LogP contribution >= 0.6 is 0 Å². The zero-order valence-corrected chi connectivity index (χ0v) is 8.17. The standard InChI is InChI=1S/C5H9O2.Sn/c1-5(2,3)7-4-6;/h1-3H3;/q;+3. The first-order chi connectivity index (χ1) is 3.42. The van der Waals surface area contributed by atoms with Crippen LogP contribution in [0, 0.1) is 0 Å². The molecule has 0 aliphatic rings. The van der Waals surface area contributed by atoms with Gasteiger partial charge in [-0.25, -0.2) is 0 Å². The summed E-state index contributed by atoms with van der Waals surface area (Å²) in [6.07, 6.45) is 0. The third kappa shape index (κ3) is 6.27. The average molecular weight is 220 g/mol. The minimum atomic E-state index is -0.305. The summed E-state index contributed by atoms with van der Waals surface area (Å²) in [4.78, 5) is 10.3. The molecule has 0 radical (unpaired) electrons. The number of rotatable bonds is 0. The number of carbonyl (C=O) groups is 1. The van der Waals surface area contributed by atoms with Crippen molar-refractivity contribution in [1.29, 1.82) is 0 Å². The third-order valence-corrected chi connectivity index (χ3v) is 0.690. The van der Waals surface area contributed by atoms with Crippen molar-refractivity contribution in [3.63, 3.8) is 0 Å². The summed E-state index contributed by atoms with van der Waals surface area (Å²) in [5, 5.41) is 0. The van der Waals surface area contributed by atoms with Gasteiger partial charge >= 0.3 is 62.4 Å². The Morgan fingerprint density at radius 3 is 1.88 bits per heavy atom. The van der Waals surface area contributed by atoms with Crippen LogP contribution in [-0.4, -0.2) is 32.1 Å². The third-order valence-electron chi connectivity index (χ3n) is 0.399. The predicted molar refractivity (Wildman–Crippen MR) is 32.0 cm³/mol. The molecule has 0 rings (SSSR count). The monoisotopic (exact) mass is 221 g/mol. The van der Waals surface area contributed by atoms with Gasteiger partial charge in [0.05, 0.1) is 0 Å². The molecule has 42 valence electrons. The molecular weight excluding hydrogens is 211 g/mol. The Morgan fingerprint density at radius 2 is 1.88 bits per heavy atom. The Balaban J connectivity index is 3.55. The van der Waals surface area contributed by atoms with Gasteiger partial charge in [0.1, 0.15) is 0 Å². The quantitative estimate of drug-likeness (QED) is 0.571. The topological polar surface area (TPSA) is 26.3 Å². The Morgan fingerprint density at radius 1 is 1.50 bits per heavy atom. The molecule has 0 bridgehead atoms. The molecule has 0 saturated heterocycles. The molecule has 0 heterocycles. The van der Waals surface area contributed by atoms with E-state index in [1.165, 1.54) is 0 Å². The molecule has 2 nitrogen and oxygen atoms in total. The van der Waals surface area contributed by atoms with Crippen LogP contribution in [0.5, 0.6) is 0 Å². The maximum absolute atomic E-state index is 10.3. The van der Waals surface area contributed by atoms with Gasteiger partial charge in [-0.3, -0.25) is 0 Å². The molecular formula is C5H9O2Sn+3. The van der Waals surface area contributed by atoms with Crippen LogP contribution in [0.3, 0.4) is 0 Å². The van der Waals surface area contributed by atoms with E-state index in [0.717, 1.165) is 22.5 Å². The molecule has 0 fully saturated rings. The van der Waals surface area contributed by atoms with Gasteiger partial charge in [-0.15, -0.1) is 0 Å². The van der Waals surface area contributed by atoms with Crippen LogP contribution in [0.15, 0.2) is 0 Å². The second-order valence-electron chi connectivity index (χ2n) is 2.50. The molecule has 0 aliphatic carbocycles. The normalized spacial score (nSPS) is 11.1. The first-order valence-electron chi connectivity index (χ1n) is 2.36. The predicted octanol–water partition coefficient (Wildman–Crippen LogP) is 1.09. The van der Waals surface area contributed by atoms with Crippen molar-refractivity contribution in [2.45, 2.75) is 26.4 Å². The molecule has 0 atom stereocenters. The zero-order valence-electron chi connectivity index (χ0n) is 5.32. The van der Waals surface area contributed by atoms with Gasteiger partial charge in [-0.05, 0) is 0 Å². The average Bonchev–Trinajstić information content (AvgIpc) is 1.21. The Hall–Kier alpha value is 0.269. The van der Waals surface area contributed by atoms with Crippen molar-refractivity contribution in [1.82, 2.24) is 0 Å². The van der Waals surface area contributed by atoms with Crippen molar-refractivity contribution in [2.24, 2.45) is 0 Å². The Kier molecular flexibility index (Phi) is 2.80. The van der Waals surface area contributed by atoms with Crippen molar-refractivity contribution in [3.8, 4) is 0 Å². The van der Waals surface area contributed by atoms with E-state index in [1.54, 1.807) is 0 Å². The van der Waals surface area contributed by atoms with Crippen LogP contribution < -0.4 is 0 Å². The summed E-state index contributed by atoms with van der Waals surface area (Å²) in [6, 6.07) is 0. The van der Waals surface area contributed by atoms with Crippen molar-refractivity contribution in [3.05, 3.63) is 0 Å². The molecule has 0 aromatic carbocycles. The molecule has 3 heteroatoms. The molecule has 0 N–H and O–H groups in total. The Labute approximate surface area is 62.7 Å². The summed E-state index contributed by atoms with van der Waals surface area (Å²) in [7, 11) is 0. The van der Waals surface area contributed by atoms with Crippen LogP contribution in [0.2, 0.25) is 0 Å². The molecule has 0 saturated carbocycles. The Bertz CT molecular complexity index is 93.1. The van der Waals surface area contributed by atoms with Gasteiger partial charge in [0, 0.05) is 0 Å². The molecule has 0 aromatic rings. The summed E-state index contributed by atoms with van der Waals surface area (Å²) in [6.45, 7) is 5.57. The van der Waals surface area contributed by atoms with E-state index in [-0.39, 0.29) is 9.59 Å². The van der Waals surface area contributed by atoms with Gasteiger partial charge in [0.15, 0.2) is 0 Å². The number of ether oxygens (including phenoxy) is 1. The van der Waals surface area contributed by atoms with E-state index in [2.05, 4.69) is 0 Å². The molecule has 8 heavy (non-hydrogen) atoms. The van der Waals surface area contributed by atoms with Gasteiger partial charge in [-0.2, -0.15) is 0 Å². The number of carbonyl (C=O) groups excluding carboxylic acids is 1. The van der Waals surface area contributed by atoms with Crippen molar-refractivity contribution in [2.75, 3.05) is 0 Å². The van der Waals surface area contributed by atoms with Gasteiger partial charge < -0.3 is 0 Å².